The van der Waals surface area contributed by atoms with Crippen molar-refractivity contribution in [1.82, 2.24) is 0 Å². The van der Waals surface area contributed by atoms with Crippen LogP contribution in [0.1, 0.15) is 24.5 Å². The first-order valence-corrected chi connectivity index (χ1v) is 7.96. The van der Waals surface area contributed by atoms with Crippen LogP contribution in [0.5, 0.6) is 11.5 Å². The molecule has 2 rings (SSSR count). The summed E-state index contributed by atoms with van der Waals surface area (Å²) in [4.78, 5) is 11.4. The molecule has 7 heteroatoms. The summed E-state index contributed by atoms with van der Waals surface area (Å²) in [5.41, 5.74) is 0.00150. The Morgan fingerprint density at radius 1 is 1.16 bits per heavy atom. The fraction of sp³-hybridized carbons (Fsp3) is 0.278. The van der Waals surface area contributed by atoms with Crippen LogP contribution in [0, 0.1) is 0 Å². The standard InChI is InChI=1S/C18H16ClF3O3/c1-2-24-17(23)9-7-12-6-8-16(15(19)10-12)25-14-5-3-4-13(11-14)18(20,21)22/h3-6,8,10-11H,2,7,9H2,1H3. The Kier molecular flexibility index (Phi) is 6.31. The van der Waals surface area contributed by atoms with Crippen LogP contribution in [0.2, 0.25) is 5.02 Å². The number of hydrogen-bond donors (Lipinski definition) is 0. The van der Waals surface area contributed by atoms with Gasteiger partial charge in [0.1, 0.15) is 11.5 Å². The molecule has 2 aromatic rings. The Labute approximate surface area is 148 Å². The molecule has 0 aliphatic carbocycles. The Bertz CT molecular complexity index is 745. The lowest BCUT2D eigenvalue weighted by molar-refractivity contribution is -0.143. The van der Waals surface area contributed by atoms with Gasteiger partial charge in [-0.2, -0.15) is 13.2 Å². The van der Waals surface area contributed by atoms with Crippen LogP contribution < -0.4 is 4.74 Å². The highest BCUT2D eigenvalue weighted by atomic mass is 35.5. The van der Waals surface area contributed by atoms with Crippen LogP contribution in [0.3, 0.4) is 0 Å². The Hall–Kier alpha value is -2.21. The molecule has 0 amide bonds. The molecule has 0 aromatic heterocycles. The number of benzene rings is 2. The van der Waals surface area contributed by atoms with E-state index in [1.54, 1.807) is 25.1 Å². The van der Waals surface area contributed by atoms with Gasteiger partial charge in [0.25, 0.3) is 0 Å². The zero-order valence-electron chi connectivity index (χ0n) is 13.4. The van der Waals surface area contributed by atoms with Crippen molar-refractivity contribution in [1.29, 1.82) is 0 Å². The van der Waals surface area contributed by atoms with E-state index in [2.05, 4.69) is 0 Å². The summed E-state index contributed by atoms with van der Waals surface area (Å²) in [6, 6.07) is 9.43. The van der Waals surface area contributed by atoms with Crippen LogP contribution in [-0.2, 0) is 22.1 Å². The molecule has 2 aromatic carbocycles. The van der Waals surface area contributed by atoms with Crippen molar-refractivity contribution >= 4 is 17.6 Å². The lowest BCUT2D eigenvalue weighted by Crippen LogP contribution is -2.05. The Morgan fingerprint density at radius 3 is 2.56 bits per heavy atom. The van der Waals surface area contributed by atoms with E-state index < -0.39 is 11.7 Å². The summed E-state index contributed by atoms with van der Waals surface area (Å²) in [6.45, 7) is 2.05. The summed E-state index contributed by atoms with van der Waals surface area (Å²) in [5, 5.41) is 0.249. The predicted molar refractivity (Wildman–Crippen MR) is 87.9 cm³/mol. The number of aryl methyl sites for hydroxylation is 1. The van der Waals surface area contributed by atoms with E-state index in [4.69, 9.17) is 21.1 Å². The number of hydrogen-bond acceptors (Lipinski definition) is 3. The first-order chi connectivity index (χ1) is 11.8. The molecule has 0 unspecified atom stereocenters. The van der Waals surface area contributed by atoms with Gasteiger partial charge in [-0.05, 0) is 49.2 Å². The molecule has 0 spiro atoms. The second kappa shape index (κ2) is 8.25. The Balaban J connectivity index is 2.07. The lowest BCUT2D eigenvalue weighted by atomic mass is 10.1. The van der Waals surface area contributed by atoms with E-state index in [0.29, 0.717) is 13.0 Å². The van der Waals surface area contributed by atoms with Crippen molar-refractivity contribution in [3.63, 3.8) is 0 Å². The highest BCUT2D eigenvalue weighted by molar-refractivity contribution is 6.32. The predicted octanol–water partition coefficient (Wildman–Crippen LogP) is 5.65. The van der Waals surface area contributed by atoms with Crippen molar-refractivity contribution in [3.8, 4) is 11.5 Å². The smallest absolute Gasteiger partial charge is 0.416 e. The number of carbonyl (C=O) groups excluding carboxylic acids is 1. The molecule has 134 valence electrons. The second-order valence-corrected chi connectivity index (χ2v) is 5.60. The van der Waals surface area contributed by atoms with Crippen molar-refractivity contribution in [3.05, 3.63) is 58.6 Å². The molecule has 0 saturated carbocycles. The molecule has 0 bridgehead atoms. The largest absolute Gasteiger partial charge is 0.466 e. The highest BCUT2D eigenvalue weighted by Gasteiger charge is 2.30. The Morgan fingerprint density at radius 2 is 1.92 bits per heavy atom. The average molecular weight is 373 g/mol. The van der Waals surface area contributed by atoms with Gasteiger partial charge >= 0.3 is 12.1 Å². The van der Waals surface area contributed by atoms with Gasteiger partial charge in [0.15, 0.2) is 0 Å². The monoisotopic (exact) mass is 372 g/mol. The number of alkyl halides is 3. The molecule has 0 saturated heterocycles. The van der Waals surface area contributed by atoms with E-state index >= 15 is 0 Å². The molecular weight excluding hydrogens is 357 g/mol. The van der Waals surface area contributed by atoms with Crippen LogP contribution in [0.25, 0.3) is 0 Å². The first-order valence-electron chi connectivity index (χ1n) is 7.58. The van der Waals surface area contributed by atoms with Crippen LogP contribution in [-0.4, -0.2) is 12.6 Å². The zero-order valence-corrected chi connectivity index (χ0v) is 14.2. The molecule has 25 heavy (non-hydrogen) atoms. The maximum atomic E-state index is 12.7. The van der Waals surface area contributed by atoms with Gasteiger partial charge in [-0.1, -0.05) is 23.7 Å². The van der Waals surface area contributed by atoms with Gasteiger partial charge in [-0.15, -0.1) is 0 Å². The number of halogens is 4. The summed E-state index contributed by atoms with van der Waals surface area (Å²) < 4.78 is 48.5. The lowest BCUT2D eigenvalue weighted by Gasteiger charge is -2.11. The van der Waals surface area contributed by atoms with E-state index in [1.807, 2.05) is 0 Å². The molecule has 0 heterocycles. The average Bonchev–Trinajstić information content (AvgIpc) is 2.55. The van der Waals surface area contributed by atoms with E-state index in [9.17, 15) is 18.0 Å². The molecule has 0 aliphatic rings. The maximum Gasteiger partial charge on any atom is 0.416 e. The summed E-state index contributed by atoms with van der Waals surface area (Å²) in [5.74, 6) is -0.0280. The van der Waals surface area contributed by atoms with Gasteiger partial charge in [0, 0.05) is 6.42 Å². The SMILES string of the molecule is CCOC(=O)CCc1ccc(Oc2cccc(C(F)(F)F)c2)c(Cl)c1. The summed E-state index contributed by atoms with van der Waals surface area (Å²) in [6.07, 6.45) is -3.78. The minimum atomic E-state index is -4.44. The molecule has 0 N–H and O–H groups in total. The second-order valence-electron chi connectivity index (χ2n) is 5.20. The molecular formula is C18H16ClF3O3. The number of ether oxygens (including phenoxy) is 2. The molecule has 0 fully saturated rings. The molecule has 0 radical (unpaired) electrons. The quantitative estimate of drug-likeness (QED) is 0.615. The summed E-state index contributed by atoms with van der Waals surface area (Å²) in [7, 11) is 0. The minimum absolute atomic E-state index is 0.0380. The third-order valence-corrected chi connectivity index (χ3v) is 3.60. The van der Waals surface area contributed by atoms with Crippen LogP contribution in [0.15, 0.2) is 42.5 Å². The van der Waals surface area contributed by atoms with Gasteiger partial charge in [0.2, 0.25) is 0 Å². The maximum absolute atomic E-state index is 12.7. The van der Waals surface area contributed by atoms with Crippen LogP contribution in [0.4, 0.5) is 13.2 Å². The molecule has 0 atom stereocenters. The number of rotatable bonds is 6. The highest BCUT2D eigenvalue weighted by Crippen LogP contribution is 2.34. The van der Waals surface area contributed by atoms with Gasteiger partial charge in [0.05, 0.1) is 17.2 Å². The fourth-order valence-corrected chi connectivity index (χ4v) is 2.37. The van der Waals surface area contributed by atoms with Crippen molar-refractivity contribution < 1.29 is 27.4 Å². The van der Waals surface area contributed by atoms with Crippen LogP contribution >= 0.6 is 11.6 Å². The molecule has 0 aliphatic heterocycles. The van der Waals surface area contributed by atoms with Gasteiger partial charge in [-0.25, -0.2) is 0 Å². The van der Waals surface area contributed by atoms with E-state index in [0.717, 1.165) is 17.7 Å². The van der Waals surface area contributed by atoms with E-state index in [-0.39, 0.29) is 28.9 Å². The zero-order chi connectivity index (χ0) is 18.4. The normalized spacial score (nSPS) is 11.2. The fourth-order valence-electron chi connectivity index (χ4n) is 2.13. The minimum Gasteiger partial charge on any atom is -0.466 e. The number of esters is 1. The third kappa shape index (κ3) is 5.67. The first kappa shape index (κ1) is 19.1. The van der Waals surface area contributed by atoms with E-state index in [1.165, 1.54) is 12.1 Å². The van der Waals surface area contributed by atoms with Gasteiger partial charge in [-0.3, -0.25) is 4.79 Å². The van der Waals surface area contributed by atoms with Crippen molar-refractivity contribution in [2.75, 3.05) is 6.61 Å². The van der Waals surface area contributed by atoms with Gasteiger partial charge < -0.3 is 9.47 Å². The van der Waals surface area contributed by atoms with Crippen molar-refractivity contribution in [2.24, 2.45) is 0 Å². The molecule has 3 nitrogen and oxygen atoms in total. The third-order valence-electron chi connectivity index (χ3n) is 3.31. The topological polar surface area (TPSA) is 35.5 Å². The number of carbonyl (C=O) groups is 1. The summed E-state index contributed by atoms with van der Waals surface area (Å²) >= 11 is 6.12. The van der Waals surface area contributed by atoms with Crippen molar-refractivity contribution in [2.45, 2.75) is 25.9 Å².